The van der Waals surface area contributed by atoms with Gasteiger partial charge in [0.2, 0.25) is 11.8 Å². The number of nitrogens with zero attached hydrogens (tertiary/aromatic N) is 1. The summed E-state index contributed by atoms with van der Waals surface area (Å²) >= 11 is 3.19. The lowest BCUT2D eigenvalue weighted by Gasteiger charge is -2.17. The van der Waals surface area contributed by atoms with Crippen LogP contribution >= 0.6 is 15.9 Å². The molecule has 1 saturated carbocycles. The second kappa shape index (κ2) is 4.95. The van der Waals surface area contributed by atoms with Crippen LogP contribution in [0.1, 0.15) is 25.3 Å². The van der Waals surface area contributed by atoms with E-state index in [-0.39, 0.29) is 30.2 Å². The molecule has 0 N–H and O–H groups in total. The van der Waals surface area contributed by atoms with Crippen molar-refractivity contribution in [2.45, 2.75) is 26.3 Å². The van der Waals surface area contributed by atoms with Gasteiger partial charge in [0, 0.05) is 10.0 Å². The Hall–Kier alpha value is -1.23. The van der Waals surface area contributed by atoms with Crippen LogP contribution in [0, 0.1) is 23.6 Å². The largest absolute Gasteiger partial charge is 0.278 e. The number of hydrogen-bond donors (Lipinski definition) is 0. The Morgan fingerprint density at radius 1 is 1.25 bits per heavy atom. The summed E-state index contributed by atoms with van der Waals surface area (Å²) in [5, 5.41) is 0. The van der Waals surface area contributed by atoms with Gasteiger partial charge in [-0.3, -0.25) is 14.5 Å². The number of rotatable bonds is 2. The van der Waals surface area contributed by atoms with Crippen LogP contribution in [0.25, 0.3) is 0 Å². The first kappa shape index (κ1) is 13.7. The molecule has 2 aliphatic rings. The van der Waals surface area contributed by atoms with E-state index < -0.39 is 5.82 Å². The monoisotopic (exact) mass is 339 g/mol. The highest BCUT2D eigenvalue weighted by Crippen LogP contribution is 2.43. The molecule has 2 fully saturated rings. The smallest absolute Gasteiger partial charge is 0.233 e. The second-order valence-corrected chi connectivity index (χ2v) is 6.70. The summed E-state index contributed by atoms with van der Waals surface area (Å²) in [5.41, 5.74) is 0.378. The molecule has 0 radical (unpaired) electrons. The number of fused-ring (bicyclic) bond motifs is 1. The Morgan fingerprint density at radius 2 is 1.85 bits per heavy atom. The minimum atomic E-state index is -0.398. The number of imide groups is 1. The zero-order valence-electron chi connectivity index (χ0n) is 11.1. The molecule has 5 heteroatoms. The summed E-state index contributed by atoms with van der Waals surface area (Å²) in [4.78, 5) is 25.8. The molecule has 0 bridgehead atoms. The lowest BCUT2D eigenvalue weighted by Crippen LogP contribution is -2.32. The van der Waals surface area contributed by atoms with Crippen LogP contribution in [-0.2, 0) is 16.1 Å². The van der Waals surface area contributed by atoms with Crippen LogP contribution in [0.2, 0.25) is 0 Å². The van der Waals surface area contributed by atoms with E-state index in [1.807, 2.05) is 0 Å². The Bertz CT molecular complexity index is 565. The fraction of sp³-hybridized carbons (Fsp3) is 0.467. The molecule has 1 aromatic carbocycles. The van der Waals surface area contributed by atoms with Crippen molar-refractivity contribution in [2.75, 3.05) is 0 Å². The van der Waals surface area contributed by atoms with Crippen molar-refractivity contribution in [3.8, 4) is 0 Å². The standard InChI is InChI=1S/C15H15BrFNO2/c1-8-4-11-12(5-8)15(20)18(14(11)19)7-9-2-3-10(16)6-13(9)17/h2-3,6,8,11-12H,4-5,7H2,1H3. The van der Waals surface area contributed by atoms with Gasteiger partial charge >= 0.3 is 0 Å². The molecule has 0 aromatic heterocycles. The van der Waals surface area contributed by atoms with Gasteiger partial charge in [-0.2, -0.15) is 0 Å². The number of benzene rings is 1. The van der Waals surface area contributed by atoms with Gasteiger partial charge in [0.05, 0.1) is 18.4 Å². The number of amides is 2. The summed E-state index contributed by atoms with van der Waals surface area (Å²) in [5.74, 6) is -0.611. The third-order valence-electron chi connectivity index (χ3n) is 4.31. The molecule has 1 aliphatic heterocycles. The molecule has 0 spiro atoms. The van der Waals surface area contributed by atoms with Crippen molar-refractivity contribution < 1.29 is 14.0 Å². The summed E-state index contributed by atoms with van der Waals surface area (Å²) < 4.78 is 14.5. The third kappa shape index (κ3) is 2.18. The number of carbonyl (C=O) groups excluding carboxylic acids is 2. The molecule has 2 unspecified atom stereocenters. The molecule has 20 heavy (non-hydrogen) atoms. The fourth-order valence-electron chi connectivity index (χ4n) is 3.32. The molecule has 3 nitrogen and oxygen atoms in total. The quantitative estimate of drug-likeness (QED) is 0.776. The van der Waals surface area contributed by atoms with Gasteiger partial charge in [-0.25, -0.2) is 4.39 Å². The van der Waals surface area contributed by atoms with E-state index in [1.54, 1.807) is 12.1 Å². The van der Waals surface area contributed by atoms with Gasteiger partial charge in [0.1, 0.15) is 5.82 Å². The van der Waals surface area contributed by atoms with Gasteiger partial charge < -0.3 is 0 Å². The average molecular weight is 340 g/mol. The topological polar surface area (TPSA) is 37.4 Å². The van der Waals surface area contributed by atoms with E-state index in [9.17, 15) is 14.0 Å². The number of hydrogen-bond acceptors (Lipinski definition) is 2. The summed E-state index contributed by atoms with van der Waals surface area (Å²) in [6.45, 7) is 2.11. The Kier molecular flexibility index (Phi) is 3.40. The first-order chi connectivity index (χ1) is 9.47. The lowest BCUT2D eigenvalue weighted by atomic mass is 10.00. The molecule has 2 amide bonds. The van der Waals surface area contributed by atoms with Crippen LogP contribution in [0.5, 0.6) is 0 Å². The van der Waals surface area contributed by atoms with Crippen molar-refractivity contribution in [1.29, 1.82) is 0 Å². The predicted molar refractivity (Wildman–Crippen MR) is 75.0 cm³/mol. The first-order valence-electron chi connectivity index (χ1n) is 6.76. The Labute approximate surface area is 125 Å². The average Bonchev–Trinajstić information content (AvgIpc) is 2.86. The van der Waals surface area contributed by atoms with Crippen LogP contribution in [0.4, 0.5) is 4.39 Å². The molecule has 1 aromatic rings. The number of halogens is 2. The molecule has 1 aliphatic carbocycles. The lowest BCUT2D eigenvalue weighted by molar-refractivity contribution is -0.141. The van der Waals surface area contributed by atoms with Crippen molar-refractivity contribution >= 4 is 27.7 Å². The van der Waals surface area contributed by atoms with Gasteiger partial charge in [0.25, 0.3) is 0 Å². The maximum atomic E-state index is 13.8. The Morgan fingerprint density at radius 3 is 2.40 bits per heavy atom. The minimum absolute atomic E-state index is 0.0398. The summed E-state index contributed by atoms with van der Waals surface area (Å²) in [6, 6.07) is 4.67. The minimum Gasteiger partial charge on any atom is -0.278 e. The maximum Gasteiger partial charge on any atom is 0.233 e. The van der Waals surface area contributed by atoms with Crippen molar-refractivity contribution in [3.05, 3.63) is 34.1 Å². The van der Waals surface area contributed by atoms with Crippen LogP contribution in [0.15, 0.2) is 22.7 Å². The normalized spacial score (nSPS) is 29.1. The highest BCUT2D eigenvalue weighted by atomic mass is 79.9. The van der Waals surface area contributed by atoms with Crippen LogP contribution < -0.4 is 0 Å². The Balaban J connectivity index is 1.82. The van der Waals surface area contributed by atoms with Crippen LogP contribution in [-0.4, -0.2) is 16.7 Å². The summed E-state index contributed by atoms with van der Waals surface area (Å²) in [6.07, 6.45) is 1.54. The number of carbonyl (C=O) groups is 2. The number of likely N-dealkylation sites (tertiary alicyclic amines) is 1. The van der Waals surface area contributed by atoms with Crippen molar-refractivity contribution in [1.82, 2.24) is 4.90 Å². The van der Waals surface area contributed by atoms with E-state index in [0.717, 1.165) is 12.8 Å². The maximum absolute atomic E-state index is 13.8. The molecular weight excluding hydrogens is 325 g/mol. The highest BCUT2D eigenvalue weighted by Gasteiger charge is 2.51. The van der Waals surface area contributed by atoms with Gasteiger partial charge in [-0.15, -0.1) is 0 Å². The van der Waals surface area contributed by atoms with Crippen LogP contribution in [0.3, 0.4) is 0 Å². The second-order valence-electron chi connectivity index (χ2n) is 5.79. The van der Waals surface area contributed by atoms with Gasteiger partial charge in [-0.1, -0.05) is 28.9 Å². The van der Waals surface area contributed by atoms with E-state index in [1.165, 1.54) is 11.0 Å². The van der Waals surface area contributed by atoms with Crippen molar-refractivity contribution in [2.24, 2.45) is 17.8 Å². The van der Waals surface area contributed by atoms with E-state index in [4.69, 9.17) is 0 Å². The van der Waals surface area contributed by atoms with Gasteiger partial charge in [-0.05, 0) is 30.9 Å². The summed E-state index contributed by atoms with van der Waals surface area (Å²) in [7, 11) is 0. The SMILES string of the molecule is CC1CC2C(=O)N(Cc3ccc(Br)cc3F)C(=O)C2C1. The predicted octanol–water partition coefficient (Wildman–Crippen LogP) is 3.12. The zero-order chi connectivity index (χ0) is 14.4. The fourth-order valence-corrected chi connectivity index (χ4v) is 3.66. The van der Waals surface area contributed by atoms with E-state index in [0.29, 0.717) is 16.0 Å². The first-order valence-corrected chi connectivity index (χ1v) is 7.56. The van der Waals surface area contributed by atoms with Crippen molar-refractivity contribution in [3.63, 3.8) is 0 Å². The van der Waals surface area contributed by atoms with E-state index >= 15 is 0 Å². The molecular formula is C15H15BrFNO2. The third-order valence-corrected chi connectivity index (χ3v) is 4.80. The highest BCUT2D eigenvalue weighted by molar-refractivity contribution is 9.10. The zero-order valence-corrected chi connectivity index (χ0v) is 12.7. The molecule has 106 valence electrons. The van der Waals surface area contributed by atoms with Gasteiger partial charge in [0.15, 0.2) is 0 Å². The molecule has 3 rings (SSSR count). The molecule has 1 saturated heterocycles. The molecule has 2 atom stereocenters. The molecule has 1 heterocycles. The van der Waals surface area contributed by atoms with E-state index in [2.05, 4.69) is 22.9 Å².